The third-order valence-corrected chi connectivity index (χ3v) is 0.663. The zero-order valence-corrected chi connectivity index (χ0v) is 7.29. The molecule has 0 rings (SSSR count). The van der Waals surface area contributed by atoms with Gasteiger partial charge in [0, 0.05) is 23.2 Å². The summed E-state index contributed by atoms with van der Waals surface area (Å²) in [5.74, 6) is -2.05. The van der Waals surface area contributed by atoms with Crippen molar-refractivity contribution in [3.63, 3.8) is 0 Å². The van der Waals surface area contributed by atoms with Crippen molar-refractivity contribution in [2.75, 3.05) is 0 Å². The first-order chi connectivity index (χ1) is 5.54. The van der Waals surface area contributed by atoms with Gasteiger partial charge < -0.3 is 10.2 Å². The van der Waals surface area contributed by atoms with Gasteiger partial charge >= 0.3 is 11.9 Å². The lowest BCUT2D eigenvalue weighted by Gasteiger charge is -1.67. The molecule has 2 N–H and O–H groups in total. The predicted octanol–water partition coefficient (Wildman–Crippen LogP) is 1.65. The molecule has 0 aliphatic carbocycles. The van der Waals surface area contributed by atoms with E-state index in [-0.39, 0.29) is 0 Å². The Morgan fingerprint density at radius 1 is 0.917 bits per heavy atom. The summed E-state index contributed by atoms with van der Waals surface area (Å²) in [6.07, 6.45) is 1.70. The summed E-state index contributed by atoms with van der Waals surface area (Å²) >= 11 is 9.67. The van der Waals surface area contributed by atoms with E-state index in [4.69, 9.17) is 33.4 Å². The molecule has 0 amide bonds. The second-order valence-electron chi connectivity index (χ2n) is 1.26. The highest BCUT2D eigenvalue weighted by molar-refractivity contribution is 6.26. The van der Waals surface area contributed by atoms with Crippen molar-refractivity contribution < 1.29 is 19.8 Å². The van der Waals surface area contributed by atoms with Crippen LogP contribution < -0.4 is 0 Å². The Bertz CT molecular complexity index is 176. The Balaban J connectivity index is 0. The molecule has 0 atom stereocenters. The van der Waals surface area contributed by atoms with Gasteiger partial charge in [-0.25, -0.2) is 9.59 Å². The highest BCUT2D eigenvalue weighted by Crippen LogP contribution is 1.75. The SMILES string of the molecule is O=C(O)C=CCl.O=C(O)C=CCl. The van der Waals surface area contributed by atoms with Gasteiger partial charge in [0.1, 0.15) is 0 Å². The van der Waals surface area contributed by atoms with E-state index in [9.17, 15) is 9.59 Å². The Morgan fingerprint density at radius 3 is 1.17 bits per heavy atom. The van der Waals surface area contributed by atoms with Crippen LogP contribution in [0.3, 0.4) is 0 Å². The lowest BCUT2D eigenvalue weighted by atomic mass is 10.7. The van der Waals surface area contributed by atoms with Gasteiger partial charge in [-0.1, -0.05) is 23.2 Å². The molecule has 0 aromatic rings. The van der Waals surface area contributed by atoms with Gasteiger partial charge in [0.25, 0.3) is 0 Å². The van der Waals surface area contributed by atoms with Crippen molar-refractivity contribution in [2.24, 2.45) is 0 Å². The number of hydrogen-bond donors (Lipinski definition) is 2. The molecule has 0 bridgehead atoms. The molecular formula is C6H6Cl2O4. The maximum atomic E-state index is 9.43. The van der Waals surface area contributed by atoms with E-state index in [0.717, 1.165) is 23.2 Å². The average Bonchev–Trinajstić information content (AvgIpc) is 1.87. The van der Waals surface area contributed by atoms with E-state index in [0.29, 0.717) is 0 Å². The lowest BCUT2D eigenvalue weighted by Crippen LogP contribution is -1.83. The average molecular weight is 213 g/mol. The molecule has 4 nitrogen and oxygen atoms in total. The predicted molar refractivity (Wildman–Crippen MR) is 45.3 cm³/mol. The van der Waals surface area contributed by atoms with Crippen LogP contribution in [0, 0.1) is 0 Å². The van der Waals surface area contributed by atoms with Gasteiger partial charge in [0.2, 0.25) is 0 Å². The molecule has 0 saturated heterocycles. The zero-order chi connectivity index (χ0) is 9.98. The first-order valence-electron chi connectivity index (χ1n) is 2.54. The molecule has 0 aromatic carbocycles. The maximum absolute atomic E-state index is 9.43. The molecular weight excluding hydrogens is 207 g/mol. The molecule has 0 saturated carbocycles. The van der Waals surface area contributed by atoms with Crippen molar-refractivity contribution in [3.8, 4) is 0 Å². The summed E-state index contributed by atoms with van der Waals surface area (Å²) in [4.78, 5) is 18.9. The Labute approximate surface area is 78.7 Å². The van der Waals surface area contributed by atoms with Gasteiger partial charge in [-0.3, -0.25) is 0 Å². The topological polar surface area (TPSA) is 74.6 Å². The van der Waals surface area contributed by atoms with Crippen molar-refractivity contribution >= 4 is 35.1 Å². The van der Waals surface area contributed by atoms with Gasteiger partial charge in [0.15, 0.2) is 0 Å². The van der Waals surface area contributed by atoms with Crippen LogP contribution >= 0.6 is 23.2 Å². The van der Waals surface area contributed by atoms with E-state index in [1.54, 1.807) is 0 Å². The first-order valence-corrected chi connectivity index (χ1v) is 3.41. The minimum Gasteiger partial charge on any atom is -0.478 e. The third-order valence-electron chi connectivity index (χ3n) is 0.411. The summed E-state index contributed by atoms with van der Waals surface area (Å²) in [6, 6.07) is 0. The van der Waals surface area contributed by atoms with Gasteiger partial charge in [-0.2, -0.15) is 0 Å². The van der Waals surface area contributed by atoms with E-state index in [1.807, 2.05) is 0 Å². The Hall–Kier alpha value is -1.00. The summed E-state index contributed by atoms with van der Waals surface area (Å²) in [5.41, 5.74) is 1.89. The molecule has 12 heavy (non-hydrogen) atoms. The highest BCUT2D eigenvalue weighted by Gasteiger charge is 1.78. The van der Waals surface area contributed by atoms with Crippen LogP contribution in [-0.4, -0.2) is 22.2 Å². The Morgan fingerprint density at radius 2 is 1.17 bits per heavy atom. The summed E-state index contributed by atoms with van der Waals surface area (Å²) in [5, 5.41) is 15.5. The van der Waals surface area contributed by atoms with Crippen LogP contribution in [0.15, 0.2) is 23.2 Å². The molecule has 0 aromatic heterocycles. The van der Waals surface area contributed by atoms with Gasteiger partial charge in [0.05, 0.1) is 0 Å². The minimum atomic E-state index is -1.02. The second kappa shape index (κ2) is 10.0. The number of carboxylic acids is 2. The number of carbonyl (C=O) groups is 2. The second-order valence-corrected chi connectivity index (χ2v) is 1.77. The normalized spacial score (nSPS) is 9.50. The van der Waals surface area contributed by atoms with Crippen molar-refractivity contribution in [1.82, 2.24) is 0 Å². The van der Waals surface area contributed by atoms with Crippen LogP contribution in [-0.2, 0) is 9.59 Å². The number of aliphatic carboxylic acids is 2. The minimum absolute atomic E-state index is 0.849. The monoisotopic (exact) mass is 212 g/mol. The molecule has 0 spiro atoms. The quantitative estimate of drug-likeness (QED) is 0.683. The molecule has 68 valence electrons. The molecule has 0 fully saturated rings. The summed E-state index contributed by atoms with van der Waals surface area (Å²) in [7, 11) is 0. The standard InChI is InChI=1S/2C3H3ClO2/c2*4-2-1-3(5)6/h2*1-2H,(H,5,6). The summed E-state index contributed by atoms with van der Waals surface area (Å²) in [6.45, 7) is 0. The molecule has 0 unspecified atom stereocenters. The zero-order valence-electron chi connectivity index (χ0n) is 5.78. The van der Waals surface area contributed by atoms with Crippen molar-refractivity contribution in [2.45, 2.75) is 0 Å². The van der Waals surface area contributed by atoms with E-state index >= 15 is 0 Å². The van der Waals surface area contributed by atoms with Crippen LogP contribution in [0.1, 0.15) is 0 Å². The van der Waals surface area contributed by atoms with Crippen LogP contribution in [0.4, 0.5) is 0 Å². The van der Waals surface area contributed by atoms with Crippen LogP contribution in [0.5, 0.6) is 0 Å². The Kier molecular flexibility index (Phi) is 11.3. The highest BCUT2D eigenvalue weighted by atomic mass is 35.5. The van der Waals surface area contributed by atoms with Crippen LogP contribution in [0.25, 0.3) is 0 Å². The fourth-order valence-electron chi connectivity index (χ4n) is 0.108. The smallest absolute Gasteiger partial charge is 0.329 e. The summed E-state index contributed by atoms with van der Waals surface area (Å²) < 4.78 is 0. The van der Waals surface area contributed by atoms with E-state index in [1.165, 1.54) is 0 Å². The van der Waals surface area contributed by atoms with Gasteiger partial charge in [-0.05, 0) is 0 Å². The van der Waals surface area contributed by atoms with Crippen molar-refractivity contribution in [1.29, 1.82) is 0 Å². The van der Waals surface area contributed by atoms with Crippen molar-refractivity contribution in [3.05, 3.63) is 23.2 Å². The molecule has 0 aliphatic rings. The number of hydrogen-bond acceptors (Lipinski definition) is 2. The molecule has 0 radical (unpaired) electrons. The molecule has 0 heterocycles. The van der Waals surface area contributed by atoms with Gasteiger partial charge in [-0.15, -0.1) is 0 Å². The lowest BCUT2D eigenvalue weighted by molar-refractivity contribution is -0.132. The van der Waals surface area contributed by atoms with E-state index in [2.05, 4.69) is 0 Å². The largest absolute Gasteiger partial charge is 0.478 e. The number of carboxylic acid groups (broad SMARTS) is 2. The maximum Gasteiger partial charge on any atom is 0.329 e. The molecule has 6 heteroatoms. The first kappa shape index (κ1) is 13.6. The fourth-order valence-corrected chi connectivity index (χ4v) is 0.323. The van der Waals surface area contributed by atoms with E-state index < -0.39 is 11.9 Å². The van der Waals surface area contributed by atoms with Crippen LogP contribution in [0.2, 0.25) is 0 Å². The number of rotatable bonds is 2. The molecule has 0 aliphatic heterocycles. The fraction of sp³-hybridized carbons (Fsp3) is 0. The third kappa shape index (κ3) is 23.0. The number of halogens is 2.